The van der Waals surface area contributed by atoms with Crippen LogP contribution in [-0.2, 0) is 13.1 Å². The molecule has 2 N–H and O–H groups in total. The molecule has 1 fully saturated rings. The van der Waals surface area contributed by atoms with Gasteiger partial charge in [0.05, 0.1) is 12.1 Å². The lowest BCUT2D eigenvalue weighted by Crippen LogP contribution is -2.44. The Balaban J connectivity index is 1.76. The fraction of sp³-hybridized carbons (Fsp3) is 0.348. The molecule has 3 heterocycles. The number of aromatic nitrogens is 3. The number of anilines is 1. The molecule has 0 radical (unpaired) electrons. The van der Waals surface area contributed by atoms with Gasteiger partial charge in [-0.05, 0) is 25.8 Å². The standard InChI is InChI=1S/C23H27N5O2/c1-2-3-13-28-21-19(25-23(28)27-12-7-10-18(24)15-27)11-14-26(22(21)30)16-20(29)17-8-5-4-6-9-17/h2-6,8-9,11,14,18H,7,10,12-13,15-16,24H2,1H3/b3-2+. The minimum Gasteiger partial charge on any atom is -0.341 e. The number of hydrogen-bond acceptors (Lipinski definition) is 5. The summed E-state index contributed by atoms with van der Waals surface area (Å²) in [6, 6.07) is 11.0. The topological polar surface area (TPSA) is 86.2 Å². The molecule has 2 aromatic heterocycles. The molecule has 1 aliphatic heterocycles. The third-order valence-corrected chi connectivity index (χ3v) is 5.52. The molecule has 1 aliphatic rings. The Kier molecular flexibility index (Phi) is 5.81. The first-order chi connectivity index (χ1) is 14.6. The zero-order valence-electron chi connectivity index (χ0n) is 17.2. The van der Waals surface area contributed by atoms with Crippen LogP contribution in [0.5, 0.6) is 0 Å². The van der Waals surface area contributed by atoms with Gasteiger partial charge in [0.15, 0.2) is 5.78 Å². The van der Waals surface area contributed by atoms with E-state index in [1.54, 1.807) is 18.3 Å². The molecular formula is C23H27N5O2. The van der Waals surface area contributed by atoms with E-state index in [1.165, 1.54) is 4.57 Å². The molecular weight excluding hydrogens is 378 g/mol. The smallest absolute Gasteiger partial charge is 0.277 e. The van der Waals surface area contributed by atoms with E-state index in [1.807, 2.05) is 47.9 Å². The highest BCUT2D eigenvalue weighted by Crippen LogP contribution is 2.23. The Labute approximate surface area is 175 Å². The summed E-state index contributed by atoms with van der Waals surface area (Å²) in [5.74, 6) is 0.668. The van der Waals surface area contributed by atoms with Gasteiger partial charge < -0.3 is 19.8 Å². The number of ketones is 1. The number of carbonyl (C=O) groups excluding carboxylic acids is 1. The van der Waals surface area contributed by atoms with Crippen molar-refractivity contribution >= 4 is 22.8 Å². The molecule has 1 aromatic carbocycles. The highest BCUT2D eigenvalue weighted by molar-refractivity contribution is 5.96. The van der Waals surface area contributed by atoms with Crippen molar-refractivity contribution in [2.45, 2.75) is 38.9 Å². The number of piperidine rings is 1. The zero-order valence-corrected chi connectivity index (χ0v) is 17.2. The number of imidazole rings is 1. The van der Waals surface area contributed by atoms with E-state index in [4.69, 9.17) is 10.7 Å². The third kappa shape index (κ3) is 3.93. The number of nitrogens with zero attached hydrogens (tertiary/aromatic N) is 4. The Morgan fingerprint density at radius 1 is 1.27 bits per heavy atom. The largest absolute Gasteiger partial charge is 0.341 e. The van der Waals surface area contributed by atoms with E-state index < -0.39 is 0 Å². The molecule has 1 atom stereocenters. The highest BCUT2D eigenvalue weighted by Gasteiger charge is 2.24. The number of allylic oxidation sites excluding steroid dienone is 2. The van der Waals surface area contributed by atoms with Gasteiger partial charge in [-0.25, -0.2) is 4.98 Å². The predicted octanol–water partition coefficient (Wildman–Crippen LogP) is 2.58. The zero-order chi connectivity index (χ0) is 21.1. The van der Waals surface area contributed by atoms with E-state index in [0.29, 0.717) is 23.1 Å². The molecule has 0 aliphatic carbocycles. The first-order valence-electron chi connectivity index (χ1n) is 10.4. The second kappa shape index (κ2) is 8.67. The molecule has 0 spiro atoms. The maximum absolute atomic E-state index is 13.3. The van der Waals surface area contributed by atoms with Crippen LogP contribution in [0, 0.1) is 0 Å². The minimum absolute atomic E-state index is 0.00247. The van der Waals surface area contributed by atoms with Crippen molar-refractivity contribution in [3.8, 4) is 0 Å². The number of rotatable bonds is 6. The van der Waals surface area contributed by atoms with Gasteiger partial charge in [0.2, 0.25) is 5.95 Å². The van der Waals surface area contributed by atoms with Crippen LogP contribution in [0.4, 0.5) is 5.95 Å². The average Bonchev–Trinajstić information content (AvgIpc) is 3.14. The summed E-state index contributed by atoms with van der Waals surface area (Å²) in [5, 5.41) is 0. The molecule has 7 nitrogen and oxygen atoms in total. The summed E-state index contributed by atoms with van der Waals surface area (Å²) in [6.07, 6.45) is 7.62. The van der Waals surface area contributed by atoms with Crippen molar-refractivity contribution in [3.63, 3.8) is 0 Å². The maximum atomic E-state index is 13.3. The fourth-order valence-corrected chi connectivity index (χ4v) is 3.98. The van der Waals surface area contributed by atoms with Crippen LogP contribution in [0.15, 0.2) is 59.5 Å². The second-order valence-corrected chi connectivity index (χ2v) is 7.71. The van der Waals surface area contributed by atoms with Gasteiger partial charge in [-0.2, -0.15) is 0 Å². The summed E-state index contributed by atoms with van der Waals surface area (Å²) in [4.78, 5) is 32.9. The Bertz CT molecular complexity index is 1130. The molecule has 4 rings (SSSR count). The van der Waals surface area contributed by atoms with Gasteiger partial charge in [0.1, 0.15) is 5.52 Å². The van der Waals surface area contributed by atoms with Gasteiger partial charge in [-0.15, -0.1) is 0 Å². The van der Waals surface area contributed by atoms with Crippen LogP contribution in [0.2, 0.25) is 0 Å². The Hall–Kier alpha value is -3.19. The predicted molar refractivity (Wildman–Crippen MR) is 119 cm³/mol. The van der Waals surface area contributed by atoms with Crippen LogP contribution in [0.25, 0.3) is 11.0 Å². The quantitative estimate of drug-likeness (QED) is 0.503. The molecule has 1 saturated heterocycles. The van der Waals surface area contributed by atoms with Crippen LogP contribution in [-0.4, -0.2) is 39.0 Å². The van der Waals surface area contributed by atoms with Gasteiger partial charge in [-0.1, -0.05) is 42.5 Å². The van der Waals surface area contributed by atoms with Crippen molar-refractivity contribution in [3.05, 3.63) is 70.7 Å². The molecule has 156 valence electrons. The van der Waals surface area contributed by atoms with Crippen LogP contribution in [0.1, 0.15) is 30.1 Å². The Morgan fingerprint density at radius 2 is 2.07 bits per heavy atom. The highest BCUT2D eigenvalue weighted by atomic mass is 16.1. The van der Waals surface area contributed by atoms with E-state index >= 15 is 0 Å². The van der Waals surface area contributed by atoms with Gasteiger partial charge in [-0.3, -0.25) is 9.59 Å². The summed E-state index contributed by atoms with van der Waals surface area (Å²) in [7, 11) is 0. The summed E-state index contributed by atoms with van der Waals surface area (Å²) in [5.41, 5.74) is 7.72. The van der Waals surface area contributed by atoms with Crippen molar-refractivity contribution < 1.29 is 4.79 Å². The van der Waals surface area contributed by atoms with Crippen LogP contribution >= 0.6 is 0 Å². The lowest BCUT2D eigenvalue weighted by molar-refractivity contribution is 0.0971. The monoisotopic (exact) mass is 405 g/mol. The summed E-state index contributed by atoms with van der Waals surface area (Å²) in [6.45, 7) is 4.08. The van der Waals surface area contributed by atoms with Crippen molar-refractivity contribution in [2.24, 2.45) is 5.73 Å². The number of pyridine rings is 1. The van der Waals surface area contributed by atoms with Crippen LogP contribution < -0.4 is 16.2 Å². The maximum Gasteiger partial charge on any atom is 0.277 e. The molecule has 0 amide bonds. The number of fused-ring (bicyclic) bond motifs is 1. The number of Topliss-reactive ketones (excluding diaryl/α,β-unsaturated/α-hetero) is 1. The van der Waals surface area contributed by atoms with Crippen LogP contribution in [0.3, 0.4) is 0 Å². The number of nitrogens with two attached hydrogens (primary N) is 1. The van der Waals surface area contributed by atoms with E-state index in [-0.39, 0.29) is 23.9 Å². The van der Waals surface area contributed by atoms with Gasteiger partial charge in [0, 0.05) is 37.4 Å². The molecule has 1 unspecified atom stereocenters. The van der Waals surface area contributed by atoms with Crippen molar-refractivity contribution in [1.82, 2.24) is 14.1 Å². The second-order valence-electron chi connectivity index (χ2n) is 7.71. The average molecular weight is 406 g/mol. The molecule has 3 aromatic rings. The molecule has 0 saturated carbocycles. The first kappa shape index (κ1) is 20.1. The van der Waals surface area contributed by atoms with Gasteiger partial charge in [0.25, 0.3) is 5.56 Å². The summed E-state index contributed by atoms with van der Waals surface area (Å²) >= 11 is 0. The normalized spacial score (nSPS) is 17.1. The van der Waals surface area contributed by atoms with Crippen molar-refractivity contribution in [1.29, 1.82) is 0 Å². The number of carbonyl (C=O) groups is 1. The lowest BCUT2D eigenvalue weighted by atomic mass is 10.1. The fourth-order valence-electron chi connectivity index (χ4n) is 3.98. The molecule has 0 bridgehead atoms. The first-order valence-corrected chi connectivity index (χ1v) is 10.4. The third-order valence-electron chi connectivity index (χ3n) is 5.52. The van der Waals surface area contributed by atoms with E-state index in [9.17, 15) is 9.59 Å². The van der Waals surface area contributed by atoms with E-state index in [2.05, 4.69) is 4.90 Å². The summed E-state index contributed by atoms with van der Waals surface area (Å²) < 4.78 is 3.41. The molecule has 7 heteroatoms. The Morgan fingerprint density at radius 3 is 2.80 bits per heavy atom. The van der Waals surface area contributed by atoms with Crippen molar-refractivity contribution in [2.75, 3.05) is 18.0 Å². The number of hydrogen-bond donors (Lipinski definition) is 1. The molecule has 30 heavy (non-hydrogen) atoms. The van der Waals surface area contributed by atoms with Gasteiger partial charge >= 0.3 is 0 Å². The minimum atomic E-state index is -0.207. The van der Waals surface area contributed by atoms with E-state index in [0.717, 1.165) is 31.9 Å². The lowest BCUT2D eigenvalue weighted by Gasteiger charge is -2.31. The SMILES string of the molecule is C/C=C/Cn1c(N2CCCC(N)C2)nc2ccn(CC(=O)c3ccccc3)c(=O)c21. The number of benzene rings is 1.